The average Bonchev–Trinajstić information content (AvgIpc) is 2.42. The first-order valence-corrected chi connectivity index (χ1v) is 7.55. The van der Waals surface area contributed by atoms with E-state index in [1.54, 1.807) is 13.0 Å². The van der Waals surface area contributed by atoms with Gasteiger partial charge in [0.2, 0.25) is 0 Å². The number of nitro groups is 1. The van der Waals surface area contributed by atoms with Crippen LogP contribution in [0.3, 0.4) is 0 Å². The zero-order valence-electron chi connectivity index (χ0n) is 12.6. The summed E-state index contributed by atoms with van der Waals surface area (Å²) in [7, 11) is 0. The highest BCUT2D eigenvalue weighted by Gasteiger charge is 2.24. The van der Waals surface area contributed by atoms with Crippen molar-refractivity contribution in [2.24, 2.45) is 5.92 Å². The maximum atomic E-state index is 11.1. The van der Waals surface area contributed by atoms with Crippen LogP contribution in [0.5, 0.6) is 0 Å². The Morgan fingerprint density at radius 1 is 1.25 bits per heavy atom. The molecule has 1 aliphatic carbocycles. The van der Waals surface area contributed by atoms with Crippen molar-refractivity contribution < 1.29 is 4.92 Å². The summed E-state index contributed by atoms with van der Waals surface area (Å²) in [6.45, 7) is 6.04. The molecule has 0 aromatic heterocycles. The highest BCUT2D eigenvalue weighted by atomic mass is 16.6. The summed E-state index contributed by atoms with van der Waals surface area (Å²) in [6.07, 6.45) is 6.16. The lowest BCUT2D eigenvalue weighted by Crippen LogP contribution is -2.32. The van der Waals surface area contributed by atoms with E-state index in [0.29, 0.717) is 12.0 Å². The molecule has 4 heteroatoms. The summed E-state index contributed by atoms with van der Waals surface area (Å²) < 4.78 is 0. The first kappa shape index (κ1) is 14.8. The van der Waals surface area contributed by atoms with Gasteiger partial charge in [-0.25, -0.2) is 0 Å². The number of benzene rings is 1. The topological polar surface area (TPSA) is 55.2 Å². The molecule has 2 atom stereocenters. The van der Waals surface area contributed by atoms with Gasteiger partial charge in [0.05, 0.1) is 4.92 Å². The van der Waals surface area contributed by atoms with Crippen LogP contribution < -0.4 is 5.32 Å². The molecule has 4 nitrogen and oxygen atoms in total. The minimum absolute atomic E-state index is 0.210. The molecule has 1 fully saturated rings. The fourth-order valence-corrected chi connectivity index (χ4v) is 3.28. The van der Waals surface area contributed by atoms with Crippen molar-refractivity contribution in [1.82, 2.24) is 0 Å². The van der Waals surface area contributed by atoms with Crippen molar-refractivity contribution in [2.45, 2.75) is 58.9 Å². The van der Waals surface area contributed by atoms with Gasteiger partial charge >= 0.3 is 0 Å². The molecular weight excluding hydrogens is 252 g/mol. The summed E-state index contributed by atoms with van der Waals surface area (Å²) in [5.74, 6) is 0.684. The zero-order valence-corrected chi connectivity index (χ0v) is 12.6. The van der Waals surface area contributed by atoms with Gasteiger partial charge in [-0.15, -0.1) is 0 Å². The van der Waals surface area contributed by atoms with Gasteiger partial charge in [0.25, 0.3) is 5.69 Å². The van der Waals surface area contributed by atoms with E-state index < -0.39 is 0 Å². The van der Waals surface area contributed by atoms with Gasteiger partial charge in [0.1, 0.15) is 0 Å². The molecule has 0 bridgehead atoms. The maximum absolute atomic E-state index is 11.1. The lowest BCUT2D eigenvalue weighted by molar-refractivity contribution is -0.385. The van der Waals surface area contributed by atoms with Gasteiger partial charge in [-0.05, 0) is 44.2 Å². The Morgan fingerprint density at radius 3 is 2.60 bits per heavy atom. The van der Waals surface area contributed by atoms with Gasteiger partial charge in [-0.3, -0.25) is 10.1 Å². The van der Waals surface area contributed by atoms with E-state index in [1.807, 2.05) is 13.0 Å². The van der Waals surface area contributed by atoms with E-state index >= 15 is 0 Å². The molecule has 2 unspecified atom stereocenters. The zero-order chi connectivity index (χ0) is 14.7. The lowest BCUT2D eigenvalue weighted by atomic mass is 9.82. The van der Waals surface area contributed by atoms with Crippen LogP contribution in [-0.2, 0) is 0 Å². The number of nitrogens with zero attached hydrogens (tertiary/aromatic N) is 1. The number of aryl methyl sites for hydroxylation is 2. The van der Waals surface area contributed by atoms with Crippen molar-refractivity contribution in [3.63, 3.8) is 0 Å². The maximum Gasteiger partial charge on any atom is 0.274 e. The second-order valence-electron chi connectivity index (χ2n) is 5.91. The highest BCUT2D eigenvalue weighted by Crippen LogP contribution is 2.32. The largest absolute Gasteiger partial charge is 0.382 e. The molecule has 0 heterocycles. The van der Waals surface area contributed by atoms with E-state index in [-0.39, 0.29) is 10.6 Å². The number of rotatable bonds is 4. The molecular formula is C16H24N2O2. The fourth-order valence-electron chi connectivity index (χ4n) is 3.28. The standard InChI is InChI=1S/C16H24N2O2/c1-4-13-7-5-6-8-14(13)17-15-10-16(18(19)20)12(3)9-11(15)2/h9-10,13-14,17H,4-8H2,1-3H3. The summed E-state index contributed by atoms with van der Waals surface area (Å²) in [4.78, 5) is 10.8. The number of nitrogens with one attached hydrogen (secondary N) is 1. The predicted molar refractivity (Wildman–Crippen MR) is 82.2 cm³/mol. The molecule has 1 aromatic rings. The Balaban J connectivity index is 2.23. The third kappa shape index (κ3) is 3.11. The third-order valence-electron chi connectivity index (χ3n) is 4.51. The average molecular weight is 276 g/mol. The minimum Gasteiger partial charge on any atom is -0.382 e. The Hall–Kier alpha value is -1.58. The van der Waals surface area contributed by atoms with Crippen LogP contribution in [-0.4, -0.2) is 11.0 Å². The van der Waals surface area contributed by atoms with Gasteiger partial charge < -0.3 is 5.32 Å². The SMILES string of the molecule is CCC1CCCCC1Nc1cc([N+](=O)[O-])c(C)cc1C. The second kappa shape index (κ2) is 6.25. The van der Waals surface area contributed by atoms with Crippen LogP contribution in [0.4, 0.5) is 11.4 Å². The Labute approximate surface area is 120 Å². The summed E-state index contributed by atoms with van der Waals surface area (Å²) in [5.41, 5.74) is 2.96. The first-order valence-electron chi connectivity index (χ1n) is 7.55. The molecule has 1 aromatic carbocycles. The molecule has 2 rings (SSSR count). The van der Waals surface area contributed by atoms with Crippen LogP contribution in [0.1, 0.15) is 50.2 Å². The number of anilines is 1. The van der Waals surface area contributed by atoms with Crippen LogP contribution in [0.25, 0.3) is 0 Å². The molecule has 1 saturated carbocycles. The quantitative estimate of drug-likeness (QED) is 0.646. The molecule has 110 valence electrons. The monoisotopic (exact) mass is 276 g/mol. The normalized spacial score (nSPS) is 22.6. The van der Waals surface area contributed by atoms with Crippen molar-refractivity contribution >= 4 is 11.4 Å². The van der Waals surface area contributed by atoms with E-state index in [9.17, 15) is 10.1 Å². The first-order chi connectivity index (χ1) is 9.52. The minimum atomic E-state index is -0.294. The molecule has 0 amide bonds. The molecule has 0 radical (unpaired) electrons. The Morgan fingerprint density at radius 2 is 1.95 bits per heavy atom. The Bertz CT molecular complexity index is 499. The summed E-state index contributed by atoms with van der Waals surface area (Å²) >= 11 is 0. The van der Waals surface area contributed by atoms with Gasteiger partial charge in [-0.1, -0.05) is 26.2 Å². The Kier molecular flexibility index (Phi) is 4.63. The molecule has 20 heavy (non-hydrogen) atoms. The van der Waals surface area contributed by atoms with Crippen LogP contribution in [0.15, 0.2) is 12.1 Å². The van der Waals surface area contributed by atoms with Crippen LogP contribution in [0.2, 0.25) is 0 Å². The molecule has 0 saturated heterocycles. The fraction of sp³-hybridized carbons (Fsp3) is 0.625. The third-order valence-corrected chi connectivity index (χ3v) is 4.51. The van der Waals surface area contributed by atoms with Crippen molar-refractivity contribution in [3.05, 3.63) is 33.4 Å². The smallest absolute Gasteiger partial charge is 0.274 e. The van der Waals surface area contributed by atoms with E-state index in [1.165, 1.54) is 32.1 Å². The van der Waals surface area contributed by atoms with E-state index in [0.717, 1.165) is 16.8 Å². The highest BCUT2D eigenvalue weighted by molar-refractivity contribution is 5.60. The number of nitro benzene ring substituents is 1. The molecule has 1 aliphatic rings. The van der Waals surface area contributed by atoms with E-state index in [2.05, 4.69) is 12.2 Å². The molecule has 0 spiro atoms. The van der Waals surface area contributed by atoms with Gasteiger partial charge in [0, 0.05) is 23.4 Å². The number of hydrogen-bond acceptors (Lipinski definition) is 3. The second-order valence-corrected chi connectivity index (χ2v) is 5.91. The predicted octanol–water partition coefficient (Wildman–Crippen LogP) is 4.59. The summed E-state index contributed by atoms with van der Waals surface area (Å²) in [5, 5.41) is 14.6. The van der Waals surface area contributed by atoms with Crippen molar-refractivity contribution in [1.29, 1.82) is 0 Å². The summed E-state index contributed by atoms with van der Waals surface area (Å²) in [6, 6.07) is 4.06. The van der Waals surface area contributed by atoms with Crippen LogP contribution in [0, 0.1) is 29.9 Å². The van der Waals surface area contributed by atoms with E-state index in [4.69, 9.17) is 0 Å². The molecule has 1 N–H and O–H groups in total. The van der Waals surface area contributed by atoms with Crippen LogP contribution >= 0.6 is 0 Å². The van der Waals surface area contributed by atoms with Crippen molar-refractivity contribution in [2.75, 3.05) is 5.32 Å². The number of hydrogen-bond donors (Lipinski definition) is 1. The van der Waals surface area contributed by atoms with Gasteiger partial charge in [0.15, 0.2) is 0 Å². The lowest BCUT2D eigenvalue weighted by Gasteiger charge is -2.32. The van der Waals surface area contributed by atoms with Gasteiger partial charge in [-0.2, -0.15) is 0 Å². The molecule has 0 aliphatic heterocycles. The van der Waals surface area contributed by atoms with Crippen molar-refractivity contribution in [3.8, 4) is 0 Å².